The van der Waals surface area contributed by atoms with Gasteiger partial charge in [0.05, 0.1) is 12.0 Å². The second kappa shape index (κ2) is 9.35. The number of hydrogen-bond donors (Lipinski definition) is 1. The van der Waals surface area contributed by atoms with Gasteiger partial charge < -0.3 is 10.2 Å². The second-order valence-electron chi connectivity index (χ2n) is 11.6. The lowest BCUT2D eigenvalue weighted by atomic mass is 9.64. The third kappa shape index (κ3) is 3.57. The second-order valence-corrected chi connectivity index (χ2v) is 11.6. The van der Waals surface area contributed by atoms with Gasteiger partial charge in [-0.05, 0) is 74.4 Å². The van der Waals surface area contributed by atoms with Crippen molar-refractivity contribution >= 4 is 34.4 Å². The van der Waals surface area contributed by atoms with E-state index in [1.807, 2.05) is 80.3 Å². The summed E-state index contributed by atoms with van der Waals surface area (Å²) in [6.45, 7) is 5.97. The number of para-hydroxylation sites is 1. The Bertz CT molecular complexity index is 1830. The molecule has 1 spiro atoms. The number of allylic oxidation sites excluding steroid dienone is 1. The quantitative estimate of drug-likeness (QED) is 0.285. The first-order valence-electron chi connectivity index (χ1n) is 14.1. The number of nitrogens with one attached hydrogen (secondary N) is 1. The van der Waals surface area contributed by atoms with Crippen LogP contribution in [0.15, 0.2) is 97.1 Å². The molecule has 0 aromatic heterocycles. The Morgan fingerprint density at radius 1 is 0.810 bits per heavy atom. The van der Waals surface area contributed by atoms with Crippen LogP contribution in [0.4, 0.5) is 15.8 Å². The van der Waals surface area contributed by atoms with Gasteiger partial charge in [0.1, 0.15) is 17.3 Å². The highest BCUT2D eigenvalue weighted by atomic mass is 19.1. The highest BCUT2D eigenvalue weighted by Crippen LogP contribution is 2.58. The highest BCUT2D eigenvalue weighted by molar-refractivity contribution is 6.18. The number of rotatable bonds is 4. The van der Waals surface area contributed by atoms with E-state index in [1.54, 1.807) is 12.1 Å². The Morgan fingerprint density at radius 3 is 2.19 bits per heavy atom. The highest BCUT2D eigenvalue weighted by Gasteiger charge is 2.70. The summed E-state index contributed by atoms with van der Waals surface area (Å²) in [4.78, 5) is 45.9. The maximum absolute atomic E-state index is 14.8. The fraction of sp³-hybridized carbons (Fsp3) is 0.194. The van der Waals surface area contributed by atoms with Crippen LogP contribution >= 0.6 is 0 Å². The minimum Gasteiger partial charge on any atom is -0.352 e. The minimum absolute atomic E-state index is 0.242. The van der Waals surface area contributed by atoms with Gasteiger partial charge in [0.25, 0.3) is 0 Å². The van der Waals surface area contributed by atoms with Crippen molar-refractivity contribution in [2.45, 2.75) is 38.3 Å². The van der Waals surface area contributed by atoms with Crippen LogP contribution in [0.25, 0.3) is 5.57 Å². The monoisotopic (exact) mass is 556 g/mol. The largest absolute Gasteiger partial charge is 0.352 e. The predicted octanol–water partition coefficient (Wildman–Crippen LogP) is 6.69. The van der Waals surface area contributed by atoms with Crippen LogP contribution in [0.1, 0.15) is 49.9 Å². The number of carbonyl (C=O) groups is 3. The summed E-state index contributed by atoms with van der Waals surface area (Å²) >= 11 is 0. The Kier molecular flexibility index (Phi) is 5.80. The molecule has 3 aliphatic heterocycles. The molecule has 6 heteroatoms. The lowest BCUT2D eigenvalue weighted by molar-refractivity contribution is -0.121. The number of nitrogens with zero attached hydrogens (tertiary/aromatic N) is 1. The van der Waals surface area contributed by atoms with E-state index in [4.69, 9.17) is 0 Å². The summed E-state index contributed by atoms with van der Waals surface area (Å²) in [6.07, 6.45) is 2.04. The number of aryl methyl sites for hydroxylation is 2. The summed E-state index contributed by atoms with van der Waals surface area (Å²) < 4.78 is 14.0. The van der Waals surface area contributed by atoms with Gasteiger partial charge in [-0.25, -0.2) is 4.39 Å². The molecule has 0 saturated carbocycles. The van der Waals surface area contributed by atoms with Crippen molar-refractivity contribution in [2.24, 2.45) is 5.92 Å². The Morgan fingerprint density at radius 2 is 1.45 bits per heavy atom. The normalized spacial score (nSPS) is 23.6. The molecule has 0 radical (unpaired) electrons. The third-order valence-electron chi connectivity index (χ3n) is 9.15. The molecule has 0 aliphatic carbocycles. The number of amides is 1. The summed E-state index contributed by atoms with van der Waals surface area (Å²) in [5, 5.41) is 3.04. The van der Waals surface area contributed by atoms with Crippen molar-refractivity contribution in [1.82, 2.24) is 0 Å². The van der Waals surface area contributed by atoms with Gasteiger partial charge in [-0.1, -0.05) is 65.7 Å². The van der Waals surface area contributed by atoms with Crippen molar-refractivity contribution in [1.29, 1.82) is 0 Å². The molecule has 0 unspecified atom stereocenters. The summed E-state index contributed by atoms with van der Waals surface area (Å²) in [7, 11) is 0. The number of ketones is 2. The van der Waals surface area contributed by atoms with Crippen LogP contribution in [0, 0.1) is 25.6 Å². The SMILES string of the molecule is CC1=C[C@H]2N(c3ccc(C)cc31)[C@@H](C(=O)c1ccc(C)cc1)[C@H](C(=O)c1ccc(F)cc1)[C@]21C(=O)Nc2ccccc21. The zero-order valence-corrected chi connectivity index (χ0v) is 23.5. The molecule has 7 rings (SSSR count). The lowest BCUT2D eigenvalue weighted by Gasteiger charge is -2.39. The van der Waals surface area contributed by atoms with Crippen LogP contribution in [0.5, 0.6) is 0 Å². The van der Waals surface area contributed by atoms with Crippen LogP contribution < -0.4 is 10.2 Å². The molecule has 4 aromatic carbocycles. The number of carbonyl (C=O) groups excluding carboxylic acids is 3. The van der Waals surface area contributed by atoms with E-state index >= 15 is 0 Å². The molecule has 4 aromatic rings. The van der Waals surface area contributed by atoms with Gasteiger partial charge in [-0.2, -0.15) is 0 Å². The summed E-state index contributed by atoms with van der Waals surface area (Å²) in [6, 6.07) is 24.5. The van der Waals surface area contributed by atoms with Crippen molar-refractivity contribution in [3.05, 3.63) is 136 Å². The molecule has 5 nitrogen and oxygen atoms in total. The summed E-state index contributed by atoms with van der Waals surface area (Å²) in [5.74, 6) is -2.50. The predicted molar refractivity (Wildman–Crippen MR) is 161 cm³/mol. The fourth-order valence-electron chi connectivity index (χ4n) is 7.23. The zero-order valence-electron chi connectivity index (χ0n) is 23.5. The molecule has 4 atom stereocenters. The molecule has 208 valence electrons. The molecule has 1 fully saturated rings. The zero-order chi connectivity index (χ0) is 29.3. The Hall–Kier alpha value is -4.84. The minimum atomic E-state index is -1.41. The van der Waals surface area contributed by atoms with E-state index < -0.39 is 29.2 Å². The van der Waals surface area contributed by atoms with E-state index in [9.17, 15) is 18.8 Å². The van der Waals surface area contributed by atoms with Crippen molar-refractivity contribution in [2.75, 3.05) is 10.2 Å². The average molecular weight is 557 g/mol. The number of hydrogen-bond acceptors (Lipinski definition) is 4. The average Bonchev–Trinajstić information content (AvgIpc) is 3.45. The standard InChI is InChI=1S/C36H29FN2O3/c1-20-8-11-24(12-9-20)34(41)32-31(33(40)23-13-15-25(37)16-14-23)36(27-6-4-5-7-28(27)38-35(36)42)30-19-22(3)26-18-21(2)10-17-29(26)39(30)32/h4-19,30-32H,1-3H3,(H,38,42)/t30-,31-,32-,36-/m1/s1. The van der Waals surface area contributed by atoms with Crippen molar-refractivity contribution in [3.63, 3.8) is 0 Å². The van der Waals surface area contributed by atoms with Gasteiger partial charge in [0.15, 0.2) is 11.6 Å². The Labute approximate surface area is 243 Å². The van der Waals surface area contributed by atoms with E-state index in [2.05, 4.69) is 11.4 Å². The molecular formula is C36H29FN2O3. The van der Waals surface area contributed by atoms with Crippen molar-refractivity contribution < 1.29 is 18.8 Å². The Balaban J connectivity index is 1.55. The van der Waals surface area contributed by atoms with Gasteiger partial charge in [-0.15, -0.1) is 0 Å². The molecule has 1 amide bonds. The van der Waals surface area contributed by atoms with Gasteiger partial charge in [0.2, 0.25) is 5.91 Å². The third-order valence-corrected chi connectivity index (χ3v) is 9.15. The lowest BCUT2D eigenvalue weighted by Crippen LogP contribution is -2.51. The number of Topliss-reactive ketones (excluding diaryl/α,β-unsaturated/α-hetero) is 2. The van der Waals surface area contributed by atoms with Crippen LogP contribution in [0.2, 0.25) is 0 Å². The summed E-state index contributed by atoms with van der Waals surface area (Å²) in [5.41, 5.74) is 5.44. The molecule has 0 bridgehead atoms. The molecule has 3 heterocycles. The number of halogens is 1. The van der Waals surface area contributed by atoms with Crippen LogP contribution in [-0.2, 0) is 10.2 Å². The topological polar surface area (TPSA) is 66.5 Å². The number of benzene rings is 4. The molecular weight excluding hydrogens is 527 g/mol. The van der Waals surface area contributed by atoms with E-state index in [1.165, 1.54) is 24.3 Å². The van der Waals surface area contributed by atoms with E-state index in [0.29, 0.717) is 16.8 Å². The maximum atomic E-state index is 14.8. The van der Waals surface area contributed by atoms with Gasteiger partial charge in [-0.3, -0.25) is 14.4 Å². The van der Waals surface area contributed by atoms with Crippen LogP contribution in [0.3, 0.4) is 0 Å². The maximum Gasteiger partial charge on any atom is 0.238 e. The fourth-order valence-corrected chi connectivity index (χ4v) is 7.23. The molecule has 1 saturated heterocycles. The van der Waals surface area contributed by atoms with E-state index in [-0.39, 0.29) is 23.0 Å². The van der Waals surface area contributed by atoms with Gasteiger partial charge in [0, 0.05) is 28.1 Å². The smallest absolute Gasteiger partial charge is 0.238 e. The number of fused-ring (bicyclic) bond motifs is 6. The first-order chi connectivity index (χ1) is 20.2. The van der Waals surface area contributed by atoms with Crippen molar-refractivity contribution in [3.8, 4) is 0 Å². The number of anilines is 2. The molecule has 3 aliphatic rings. The van der Waals surface area contributed by atoms with Gasteiger partial charge >= 0.3 is 0 Å². The molecule has 1 N–H and O–H groups in total. The van der Waals surface area contributed by atoms with E-state index in [0.717, 1.165) is 28.0 Å². The first kappa shape index (κ1) is 26.1. The molecule has 42 heavy (non-hydrogen) atoms. The van der Waals surface area contributed by atoms with Crippen LogP contribution in [-0.4, -0.2) is 29.6 Å². The first-order valence-corrected chi connectivity index (χ1v) is 14.1.